The maximum absolute atomic E-state index is 6.05. The summed E-state index contributed by atoms with van der Waals surface area (Å²) in [7, 11) is 0. The van der Waals surface area contributed by atoms with Crippen molar-refractivity contribution in [1.82, 2.24) is 0 Å². The molecular formula is C14H22O. The summed E-state index contributed by atoms with van der Waals surface area (Å²) in [5.74, 6) is 1.39. The van der Waals surface area contributed by atoms with Crippen LogP contribution in [-0.4, -0.2) is 6.61 Å². The monoisotopic (exact) mass is 206 g/mol. The van der Waals surface area contributed by atoms with Gasteiger partial charge in [0, 0.05) is 11.8 Å². The van der Waals surface area contributed by atoms with Crippen LogP contribution in [0, 0.1) is 5.41 Å². The highest BCUT2D eigenvalue weighted by molar-refractivity contribution is 5.17. The van der Waals surface area contributed by atoms with E-state index in [1.54, 1.807) is 5.57 Å². The molecule has 0 saturated heterocycles. The second-order valence-electron chi connectivity index (χ2n) is 5.76. The molecule has 0 bridgehead atoms. The van der Waals surface area contributed by atoms with Crippen LogP contribution in [0.4, 0.5) is 0 Å². The van der Waals surface area contributed by atoms with E-state index in [1.165, 1.54) is 70.0 Å². The molecule has 1 aliphatic heterocycles. The van der Waals surface area contributed by atoms with E-state index in [9.17, 15) is 0 Å². The van der Waals surface area contributed by atoms with Crippen LogP contribution in [0.25, 0.3) is 0 Å². The normalized spacial score (nSPS) is 29.9. The van der Waals surface area contributed by atoms with Crippen LogP contribution in [0.3, 0.4) is 0 Å². The molecule has 1 fully saturated rings. The molecule has 84 valence electrons. The summed E-state index contributed by atoms with van der Waals surface area (Å²) in [6.45, 7) is 1.03. The van der Waals surface area contributed by atoms with Gasteiger partial charge >= 0.3 is 0 Å². The highest BCUT2D eigenvalue weighted by Gasteiger charge is 2.38. The van der Waals surface area contributed by atoms with Gasteiger partial charge in [0.1, 0.15) is 0 Å². The Kier molecular flexibility index (Phi) is 2.50. The van der Waals surface area contributed by atoms with E-state index in [4.69, 9.17) is 4.74 Å². The van der Waals surface area contributed by atoms with Crippen molar-refractivity contribution in [1.29, 1.82) is 0 Å². The van der Waals surface area contributed by atoms with Crippen molar-refractivity contribution >= 4 is 0 Å². The smallest absolute Gasteiger partial charge is 0.0952 e. The molecule has 1 heteroatoms. The summed E-state index contributed by atoms with van der Waals surface area (Å²) >= 11 is 0. The van der Waals surface area contributed by atoms with E-state index >= 15 is 0 Å². The maximum Gasteiger partial charge on any atom is 0.0952 e. The summed E-state index contributed by atoms with van der Waals surface area (Å²) in [6.07, 6.45) is 13.9. The lowest BCUT2D eigenvalue weighted by Gasteiger charge is -2.43. The zero-order valence-corrected chi connectivity index (χ0v) is 9.69. The molecular weight excluding hydrogens is 184 g/mol. The minimum Gasteiger partial charge on any atom is -0.497 e. The fourth-order valence-corrected chi connectivity index (χ4v) is 3.67. The average molecular weight is 206 g/mol. The molecule has 15 heavy (non-hydrogen) atoms. The Morgan fingerprint density at radius 1 is 0.867 bits per heavy atom. The van der Waals surface area contributed by atoms with Gasteiger partial charge in [-0.25, -0.2) is 0 Å². The minimum absolute atomic E-state index is 0.564. The van der Waals surface area contributed by atoms with E-state index in [1.807, 2.05) is 0 Å². The second-order valence-corrected chi connectivity index (χ2v) is 5.76. The lowest BCUT2D eigenvalue weighted by atomic mass is 9.68. The van der Waals surface area contributed by atoms with E-state index in [0.29, 0.717) is 5.41 Å². The van der Waals surface area contributed by atoms with Crippen molar-refractivity contribution in [3.8, 4) is 0 Å². The standard InChI is InChI=1S/C14H22O/c1-4-8-14(9-5-1)10-12-6-2-3-7-13(12)15-11-14/h1-11H2. The van der Waals surface area contributed by atoms with Crippen molar-refractivity contribution in [2.45, 2.75) is 64.2 Å². The van der Waals surface area contributed by atoms with Gasteiger partial charge in [-0.15, -0.1) is 0 Å². The quantitative estimate of drug-likeness (QED) is 0.577. The number of hydrogen-bond acceptors (Lipinski definition) is 1. The molecule has 0 atom stereocenters. The molecule has 1 nitrogen and oxygen atoms in total. The Morgan fingerprint density at radius 3 is 2.53 bits per heavy atom. The van der Waals surface area contributed by atoms with E-state index in [0.717, 1.165) is 6.61 Å². The van der Waals surface area contributed by atoms with Gasteiger partial charge in [0.15, 0.2) is 0 Å². The van der Waals surface area contributed by atoms with Crippen LogP contribution in [0.5, 0.6) is 0 Å². The average Bonchev–Trinajstić information content (AvgIpc) is 2.30. The summed E-state index contributed by atoms with van der Waals surface area (Å²) in [5.41, 5.74) is 2.25. The number of hydrogen-bond donors (Lipinski definition) is 0. The van der Waals surface area contributed by atoms with Crippen molar-refractivity contribution in [3.05, 3.63) is 11.3 Å². The molecule has 1 saturated carbocycles. The van der Waals surface area contributed by atoms with Gasteiger partial charge in [0.05, 0.1) is 12.4 Å². The molecule has 0 aromatic heterocycles. The largest absolute Gasteiger partial charge is 0.497 e. The Balaban J connectivity index is 1.77. The van der Waals surface area contributed by atoms with Gasteiger partial charge in [-0.3, -0.25) is 0 Å². The van der Waals surface area contributed by atoms with E-state index < -0.39 is 0 Å². The molecule has 1 heterocycles. The third-order valence-corrected chi connectivity index (χ3v) is 4.58. The van der Waals surface area contributed by atoms with Gasteiger partial charge < -0.3 is 4.74 Å². The predicted molar refractivity (Wildman–Crippen MR) is 61.6 cm³/mol. The third-order valence-electron chi connectivity index (χ3n) is 4.58. The third kappa shape index (κ3) is 1.81. The molecule has 3 rings (SSSR count). The van der Waals surface area contributed by atoms with Crippen LogP contribution in [0.1, 0.15) is 64.2 Å². The van der Waals surface area contributed by atoms with Gasteiger partial charge in [-0.05, 0) is 44.1 Å². The first-order chi connectivity index (χ1) is 7.38. The minimum atomic E-state index is 0.564. The Bertz CT molecular complexity index is 271. The molecule has 2 aliphatic carbocycles. The fraction of sp³-hybridized carbons (Fsp3) is 0.857. The second kappa shape index (κ2) is 3.84. The van der Waals surface area contributed by atoms with E-state index in [2.05, 4.69) is 0 Å². The topological polar surface area (TPSA) is 9.23 Å². The lowest BCUT2D eigenvalue weighted by Crippen LogP contribution is -2.34. The lowest BCUT2D eigenvalue weighted by molar-refractivity contribution is 0.0260. The molecule has 0 amide bonds. The Morgan fingerprint density at radius 2 is 1.67 bits per heavy atom. The first-order valence-corrected chi connectivity index (χ1v) is 6.72. The predicted octanol–water partition coefficient (Wildman–Crippen LogP) is 4.19. The fourth-order valence-electron chi connectivity index (χ4n) is 3.67. The van der Waals surface area contributed by atoms with Crippen LogP contribution < -0.4 is 0 Å². The summed E-state index contributed by atoms with van der Waals surface area (Å²) in [4.78, 5) is 0. The molecule has 0 N–H and O–H groups in total. The molecule has 1 spiro atoms. The molecule has 0 unspecified atom stereocenters. The number of ether oxygens (including phenoxy) is 1. The summed E-state index contributed by atoms with van der Waals surface area (Å²) in [5, 5.41) is 0. The van der Waals surface area contributed by atoms with Crippen LogP contribution in [-0.2, 0) is 4.74 Å². The first-order valence-electron chi connectivity index (χ1n) is 6.72. The Labute approximate surface area is 92.9 Å². The zero-order chi connectivity index (χ0) is 10.1. The first kappa shape index (κ1) is 9.74. The van der Waals surface area contributed by atoms with Gasteiger partial charge in [-0.2, -0.15) is 0 Å². The summed E-state index contributed by atoms with van der Waals surface area (Å²) < 4.78 is 6.05. The highest BCUT2D eigenvalue weighted by atomic mass is 16.5. The van der Waals surface area contributed by atoms with Crippen LogP contribution >= 0.6 is 0 Å². The van der Waals surface area contributed by atoms with E-state index in [-0.39, 0.29) is 0 Å². The Hall–Kier alpha value is -0.460. The maximum atomic E-state index is 6.05. The SMILES string of the molecule is C1CCC2(CC1)COC1=C(CCCC1)C2. The molecule has 3 aliphatic rings. The van der Waals surface area contributed by atoms with Crippen molar-refractivity contribution in [3.63, 3.8) is 0 Å². The molecule has 0 aromatic rings. The highest BCUT2D eigenvalue weighted by Crippen LogP contribution is 2.47. The van der Waals surface area contributed by atoms with Crippen LogP contribution in [0.15, 0.2) is 11.3 Å². The van der Waals surface area contributed by atoms with Crippen molar-refractivity contribution < 1.29 is 4.74 Å². The van der Waals surface area contributed by atoms with Crippen molar-refractivity contribution in [2.75, 3.05) is 6.61 Å². The van der Waals surface area contributed by atoms with Crippen molar-refractivity contribution in [2.24, 2.45) is 5.41 Å². The zero-order valence-electron chi connectivity index (χ0n) is 9.69. The molecule has 0 radical (unpaired) electrons. The summed E-state index contributed by atoms with van der Waals surface area (Å²) in [6, 6.07) is 0. The number of allylic oxidation sites excluding steroid dienone is 2. The number of rotatable bonds is 0. The van der Waals surface area contributed by atoms with Gasteiger partial charge in [-0.1, -0.05) is 19.3 Å². The molecule has 0 aromatic carbocycles. The van der Waals surface area contributed by atoms with Gasteiger partial charge in [0.25, 0.3) is 0 Å². The van der Waals surface area contributed by atoms with Gasteiger partial charge in [0.2, 0.25) is 0 Å². The van der Waals surface area contributed by atoms with Crippen LogP contribution in [0.2, 0.25) is 0 Å².